The Morgan fingerprint density at radius 2 is 1.79 bits per heavy atom. The van der Waals surface area contributed by atoms with Crippen LogP contribution >= 0.6 is 0 Å². The minimum atomic E-state index is -1.86. The van der Waals surface area contributed by atoms with Gasteiger partial charge in [0.25, 0.3) is 5.91 Å². The Morgan fingerprint density at radius 1 is 1.05 bits per heavy atom. The number of hydrogen-bond acceptors (Lipinski definition) is 13. The summed E-state index contributed by atoms with van der Waals surface area (Å²) in [6, 6.07) is 6.23. The molecule has 0 unspecified atom stereocenters. The van der Waals surface area contributed by atoms with Gasteiger partial charge in [0.05, 0.1) is 18.9 Å². The molecule has 2 fully saturated rings. The summed E-state index contributed by atoms with van der Waals surface area (Å²) >= 11 is 0. The maximum absolute atomic E-state index is 12.6. The SMILES string of the molecule is COc1cc2c(N)nc(N3CCN(C(=O)c4ccco4)CC3)nc2cc1O[C@@H]1O[C@H](C(=O)O)[C@@H](O)[C@H](O)[C@H]1O. The van der Waals surface area contributed by atoms with Crippen LogP contribution in [0.25, 0.3) is 10.9 Å². The number of nitrogens with zero attached hydrogens (tertiary/aromatic N) is 4. The topological polar surface area (TPSA) is 214 Å². The van der Waals surface area contributed by atoms with Crippen LogP contribution in [0.1, 0.15) is 10.6 Å². The van der Waals surface area contributed by atoms with Crippen molar-refractivity contribution < 1.29 is 48.6 Å². The fraction of sp³-hybridized carbons (Fsp3) is 0.417. The van der Waals surface area contributed by atoms with E-state index in [9.17, 15) is 30.0 Å². The van der Waals surface area contributed by atoms with E-state index >= 15 is 0 Å². The summed E-state index contributed by atoms with van der Waals surface area (Å²) in [7, 11) is 1.36. The van der Waals surface area contributed by atoms with E-state index in [0.717, 1.165) is 0 Å². The van der Waals surface area contributed by atoms with Gasteiger partial charge in [-0.25, -0.2) is 9.78 Å². The molecule has 1 amide bonds. The van der Waals surface area contributed by atoms with Gasteiger partial charge < -0.3 is 54.6 Å². The van der Waals surface area contributed by atoms with E-state index in [1.807, 2.05) is 4.90 Å². The lowest BCUT2D eigenvalue weighted by atomic mass is 9.99. The molecular weight excluding hydrogens is 518 g/mol. The molecule has 0 radical (unpaired) electrons. The molecule has 3 aromatic rings. The Labute approximate surface area is 220 Å². The molecule has 0 bridgehead atoms. The highest BCUT2D eigenvalue weighted by Gasteiger charge is 2.48. The summed E-state index contributed by atoms with van der Waals surface area (Å²) in [5.74, 6) is -0.837. The van der Waals surface area contributed by atoms with Crippen LogP contribution in [0.15, 0.2) is 34.9 Å². The Hall–Kier alpha value is -4.18. The number of hydrogen-bond donors (Lipinski definition) is 5. The molecule has 6 N–H and O–H groups in total. The number of nitrogens with two attached hydrogens (primary N) is 1. The van der Waals surface area contributed by atoms with Gasteiger partial charge in [-0.1, -0.05) is 0 Å². The summed E-state index contributed by atoms with van der Waals surface area (Å²) in [5.41, 5.74) is 6.58. The molecule has 1 aromatic carbocycles. The van der Waals surface area contributed by atoms with E-state index in [-0.39, 0.29) is 29.0 Å². The first-order chi connectivity index (χ1) is 18.7. The molecule has 15 nitrogen and oxygen atoms in total. The molecule has 208 valence electrons. The lowest BCUT2D eigenvalue weighted by Crippen LogP contribution is -2.61. The van der Waals surface area contributed by atoms with Crippen molar-refractivity contribution in [3.8, 4) is 11.5 Å². The predicted molar refractivity (Wildman–Crippen MR) is 132 cm³/mol. The maximum atomic E-state index is 12.6. The zero-order chi connectivity index (χ0) is 27.8. The highest BCUT2D eigenvalue weighted by molar-refractivity contribution is 5.92. The van der Waals surface area contributed by atoms with E-state index in [2.05, 4.69) is 9.97 Å². The summed E-state index contributed by atoms with van der Waals surface area (Å²) in [6.07, 6.45) is -7.49. The fourth-order valence-electron chi connectivity index (χ4n) is 4.48. The standard InChI is InChI=1S/C24H27N5O10/c1-36-14-9-11-12(10-15(14)38-23-18(32)16(30)17(31)19(39-23)22(34)35)26-24(27-20(11)25)29-6-4-28(5-7-29)21(33)13-3-2-8-37-13/h2-3,8-10,16-19,23,30-32H,4-7H2,1H3,(H,34,35)(H2,25,26,27)/t16-,17-,18+,19-,23+/m0/s1. The maximum Gasteiger partial charge on any atom is 0.335 e. The molecule has 15 heteroatoms. The first kappa shape index (κ1) is 26.4. The third kappa shape index (κ3) is 4.99. The molecule has 0 aliphatic carbocycles. The molecular formula is C24H27N5O10. The van der Waals surface area contributed by atoms with Crippen molar-refractivity contribution in [3.05, 3.63) is 36.3 Å². The van der Waals surface area contributed by atoms with Gasteiger partial charge in [-0.05, 0) is 18.2 Å². The summed E-state index contributed by atoms with van der Waals surface area (Å²) in [6.45, 7) is 1.70. The van der Waals surface area contributed by atoms with Crippen LogP contribution in [-0.4, -0.2) is 111 Å². The number of nitrogen functional groups attached to an aromatic ring is 1. The minimum absolute atomic E-state index is 0.0136. The molecule has 2 saturated heterocycles. The van der Waals surface area contributed by atoms with Crippen LogP contribution in [0.4, 0.5) is 11.8 Å². The number of aromatic nitrogens is 2. The Bertz CT molecular complexity index is 1360. The number of rotatable bonds is 6. The normalized spacial score (nSPS) is 25.5. The summed E-state index contributed by atoms with van der Waals surface area (Å²) in [4.78, 5) is 36.5. The average molecular weight is 546 g/mol. The zero-order valence-corrected chi connectivity index (χ0v) is 20.7. The molecule has 4 heterocycles. The molecule has 2 aromatic heterocycles. The van der Waals surface area contributed by atoms with Crippen LogP contribution < -0.4 is 20.1 Å². The largest absolute Gasteiger partial charge is 0.493 e. The van der Waals surface area contributed by atoms with Crippen molar-refractivity contribution in [3.63, 3.8) is 0 Å². The van der Waals surface area contributed by atoms with Gasteiger partial charge in [-0.2, -0.15) is 4.98 Å². The van der Waals surface area contributed by atoms with E-state index in [4.69, 9.17) is 24.4 Å². The van der Waals surface area contributed by atoms with Gasteiger partial charge in [-0.15, -0.1) is 0 Å². The van der Waals surface area contributed by atoms with E-state index < -0.39 is 36.7 Å². The number of methoxy groups -OCH3 is 1. The molecule has 0 saturated carbocycles. The number of piperazine rings is 1. The number of ether oxygens (including phenoxy) is 3. The second-order valence-electron chi connectivity index (χ2n) is 9.04. The average Bonchev–Trinajstić information content (AvgIpc) is 3.47. The second-order valence-corrected chi connectivity index (χ2v) is 9.04. The van der Waals surface area contributed by atoms with Crippen molar-refractivity contribution in [2.24, 2.45) is 0 Å². The number of amides is 1. The Balaban J connectivity index is 1.38. The summed E-state index contributed by atoms with van der Waals surface area (Å²) in [5, 5.41) is 40.1. The van der Waals surface area contributed by atoms with Crippen molar-refractivity contribution >= 4 is 34.5 Å². The monoisotopic (exact) mass is 545 g/mol. The van der Waals surface area contributed by atoms with E-state index in [1.54, 1.807) is 17.0 Å². The van der Waals surface area contributed by atoms with Gasteiger partial charge in [0.2, 0.25) is 12.2 Å². The molecule has 39 heavy (non-hydrogen) atoms. The van der Waals surface area contributed by atoms with E-state index in [1.165, 1.54) is 25.5 Å². The fourth-order valence-corrected chi connectivity index (χ4v) is 4.48. The molecule has 2 aliphatic rings. The van der Waals surface area contributed by atoms with Gasteiger partial charge in [-0.3, -0.25) is 4.79 Å². The number of fused-ring (bicyclic) bond motifs is 1. The highest BCUT2D eigenvalue weighted by Crippen LogP contribution is 2.36. The number of anilines is 2. The lowest BCUT2D eigenvalue weighted by Gasteiger charge is -2.38. The number of carbonyl (C=O) groups is 2. The number of benzene rings is 1. The number of aliphatic hydroxyl groups is 3. The molecule has 2 aliphatic heterocycles. The van der Waals surface area contributed by atoms with Crippen LogP contribution in [0, 0.1) is 0 Å². The van der Waals surface area contributed by atoms with Crippen LogP contribution in [0.5, 0.6) is 11.5 Å². The third-order valence-electron chi connectivity index (χ3n) is 6.64. The van der Waals surface area contributed by atoms with Crippen molar-refractivity contribution in [2.45, 2.75) is 30.7 Å². The predicted octanol–water partition coefficient (Wildman–Crippen LogP) is -0.953. The van der Waals surface area contributed by atoms with Crippen molar-refractivity contribution in [1.29, 1.82) is 0 Å². The Kier molecular flexibility index (Phi) is 7.14. The smallest absolute Gasteiger partial charge is 0.335 e. The second kappa shape index (κ2) is 10.5. The van der Waals surface area contributed by atoms with Crippen molar-refractivity contribution in [1.82, 2.24) is 14.9 Å². The molecule has 5 rings (SSSR count). The minimum Gasteiger partial charge on any atom is -0.493 e. The van der Waals surface area contributed by atoms with E-state index in [0.29, 0.717) is 43.0 Å². The van der Waals surface area contributed by atoms with Crippen LogP contribution in [-0.2, 0) is 9.53 Å². The number of aliphatic carboxylic acids is 1. The van der Waals surface area contributed by atoms with Crippen molar-refractivity contribution in [2.75, 3.05) is 43.9 Å². The lowest BCUT2D eigenvalue weighted by molar-refractivity contribution is -0.271. The third-order valence-corrected chi connectivity index (χ3v) is 6.64. The quantitative estimate of drug-likeness (QED) is 0.252. The molecule has 5 atom stereocenters. The number of carboxylic acids is 1. The highest BCUT2D eigenvalue weighted by atomic mass is 16.7. The van der Waals surface area contributed by atoms with Gasteiger partial charge >= 0.3 is 5.97 Å². The number of carbonyl (C=O) groups excluding carboxylic acids is 1. The van der Waals surface area contributed by atoms with Gasteiger partial charge in [0.15, 0.2) is 23.4 Å². The van der Waals surface area contributed by atoms with Crippen LogP contribution in [0.2, 0.25) is 0 Å². The number of furan rings is 1. The summed E-state index contributed by atoms with van der Waals surface area (Å²) < 4.78 is 21.5. The van der Waals surface area contributed by atoms with Gasteiger partial charge in [0.1, 0.15) is 24.1 Å². The first-order valence-corrected chi connectivity index (χ1v) is 12.0. The number of carboxylic acid groups (broad SMARTS) is 1. The molecule has 0 spiro atoms. The first-order valence-electron chi connectivity index (χ1n) is 12.0. The number of aliphatic hydroxyl groups excluding tert-OH is 3. The zero-order valence-electron chi connectivity index (χ0n) is 20.7. The van der Waals surface area contributed by atoms with Gasteiger partial charge in [0, 0.05) is 37.6 Å². The Morgan fingerprint density at radius 3 is 2.44 bits per heavy atom. The van der Waals surface area contributed by atoms with Crippen LogP contribution in [0.3, 0.4) is 0 Å².